The highest BCUT2D eigenvalue weighted by Crippen LogP contribution is 2.55. The number of hydrogen-bond acceptors (Lipinski definition) is 7. The number of hydrogen-bond donors (Lipinski definition) is 0. The Balaban J connectivity index is 1.27. The molecule has 1 aromatic heterocycles. The molecular formula is C24H14BrClN2O6. The molecule has 4 unspecified atom stereocenters. The Morgan fingerprint density at radius 3 is 2.41 bits per heavy atom. The SMILES string of the molecule is O=C1[C@@H]2C3OC(C4C(c5coc6ccc(Br)cc6c5=O)=NOC43)[C@@H]2C(=O)N1c1ccc(Cl)cc1. The highest BCUT2D eigenvalue weighted by molar-refractivity contribution is 9.10. The lowest BCUT2D eigenvalue weighted by atomic mass is 9.71. The molecule has 5 heterocycles. The fourth-order valence-electron chi connectivity index (χ4n) is 5.70. The number of nitrogens with zero attached hydrogens (tertiary/aromatic N) is 2. The fraction of sp³-hybridized carbons (Fsp3) is 0.250. The molecule has 0 radical (unpaired) electrons. The Labute approximate surface area is 205 Å². The largest absolute Gasteiger partial charge is 0.463 e. The summed E-state index contributed by atoms with van der Waals surface area (Å²) in [5.74, 6) is -2.45. The minimum Gasteiger partial charge on any atom is -0.463 e. The quantitative estimate of drug-likeness (QED) is 0.461. The van der Waals surface area contributed by atoms with Gasteiger partial charge < -0.3 is 14.0 Å². The normalized spacial score (nSPS) is 31.1. The van der Waals surface area contributed by atoms with Crippen molar-refractivity contribution in [3.05, 3.63) is 74.0 Å². The molecule has 2 bridgehead atoms. The van der Waals surface area contributed by atoms with E-state index in [0.717, 1.165) is 4.47 Å². The van der Waals surface area contributed by atoms with Crippen molar-refractivity contribution in [1.82, 2.24) is 0 Å². The molecular weight excluding hydrogens is 528 g/mol. The molecule has 2 aromatic carbocycles. The number of halogens is 2. The lowest BCUT2D eigenvalue weighted by Crippen LogP contribution is -2.46. The molecule has 4 aliphatic rings. The van der Waals surface area contributed by atoms with Gasteiger partial charge in [-0.25, -0.2) is 4.90 Å². The van der Waals surface area contributed by atoms with Gasteiger partial charge in [0.25, 0.3) is 0 Å². The zero-order chi connectivity index (χ0) is 23.3. The predicted molar refractivity (Wildman–Crippen MR) is 125 cm³/mol. The Morgan fingerprint density at radius 2 is 1.65 bits per heavy atom. The number of carbonyl (C=O) groups excluding carboxylic acids is 2. The summed E-state index contributed by atoms with van der Waals surface area (Å²) >= 11 is 9.35. The van der Waals surface area contributed by atoms with Crippen molar-refractivity contribution in [3.63, 3.8) is 0 Å². The topological polar surface area (TPSA) is 98.4 Å². The van der Waals surface area contributed by atoms with Gasteiger partial charge in [-0.2, -0.15) is 0 Å². The van der Waals surface area contributed by atoms with Crippen LogP contribution in [0, 0.1) is 17.8 Å². The molecule has 4 aliphatic heterocycles. The maximum atomic E-state index is 13.4. The molecule has 34 heavy (non-hydrogen) atoms. The van der Waals surface area contributed by atoms with E-state index in [2.05, 4.69) is 21.1 Å². The van der Waals surface area contributed by atoms with Crippen molar-refractivity contribution < 1.29 is 23.6 Å². The van der Waals surface area contributed by atoms with Crippen LogP contribution in [-0.2, 0) is 19.2 Å². The minimum absolute atomic E-state index is 0.249. The molecule has 0 N–H and O–H groups in total. The zero-order valence-electron chi connectivity index (χ0n) is 17.2. The van der Waals surface area contributed by atoms with Gasteiger partial charge in [-0.3, -0.25) is 14.4 Å². The molecule has 170 valence electrons. The van der Waals surface area contributed by atoms with E-state index in [9.17, 15) is 14.4 Å². The van der Waals surface area contributed by atoms with Crippen LogP contribution >= 0.6 is 27.5 Å². The zero-order valence-corrected chi connectivity index (χ0v) is 19.5. The van der Waals surface area contributed by atoms with E-state index in [1.54, 1.807) is 42.5 Å². The summed E-state index contributed by atoms with van der Waals surface area (Å²) in [7, 11) is 0. The summed E-state index contributed by atoms with van der Waals surface area (Å²) in [5, 5.41) is 5.11. The third-order valence-electron chi connectivity index (χ3n) is 7.14. The average Bonchev–Trinajstić information content (AvgIpc) is 3.56. The number of carbonyl (C=O) groups is 2. The molecule has 2 amide bonds. The maximum Gasteiger partial charge on any atom is 0.240 e. The van der Waals surface area contributed by atoms with Gasteiger partial charge in [0.15, 0.2) is 6.10 Å². The minimum atomic E-state index is -0.678. The second-order valence-corrected chi connectivity index (χ2v) is 10.1. The fourth-order valence-corrected chi connectivity index (χ4v) is 6.19. The highest BCUT2D eigenvalue weighted by Gasteiger charge is 2.72. The molecule has 3 saturated heterocycles. The predicted octanol–water partition coefficient (Wildman–Crippen LogP) is 3.51. The maximum absolute atomic E-state index is 13.4. The van der Waals surface area contributed by atoms with Crippen LogP contribution in [0.1, 0.15) is 5.56 Å². The van der Waals surface area contributed by atoms with E-state index in [0.29, 0.717) is 27.4 Å². The van der Waals surface area contributed by atoms with E-state index < -0.39 is 36.1 Å². The number of amides is 2. The molecule has 3 fully saturated rings. The van der Waals surface area contributed by atoms with Crippen molar-refractivity contribution in [3.8, 4) is 0 Å². The van der Waals surface area contributed by atoms with Crippen molar-refractivity contribution in [2.24, 2.45) is 22.9 Å². The van der Waals surface area contributed by atoms with Crippen LogP contribution in [-0.4, -0.2) is 35.8 Å². The lowest BCUT2D eigenvalue weighted by molar-refractivity contribution is -0.125. The molecule has 0 saturated carbocycles. The Hall–Kier alpha value is -3.01. The van der Waals surface area contributed by atoms with Crippen LogP contribution in [0.3, 0.4) is 0 Å². The van der Waals surface area contributed by atoms with Crippen LogP contribution in [0.5, 0.6) is 0 Å². The number of anilines is 1. The van der Waals surface area contributed by atoms with Crippen molar-refractivity contribution in [2.75, 3.05) is 4.90 Å². The van der Waals surface area contributed by atoms with Crippen LogP contribution < -0.4 is 10.3 Å². The monoisotopic (exact) mass is 540 g/mol. The van der Waals surface area contributed by atoms with E-state index >= 15 is 0 Å². The summed E-state index contributed by atoms with van der Waals surface area (Å²) < 4.78 is 12.5. The number of imide groups is 1. The van der Waals surface area contributed by atoms with Gasteiger partial charge in [-0.1, -0.05) is 32.7 Å². The third kappa shape index (κ3) is 2.57. The van der Waals surface area contributed by atoms with E-state index in [1.165, 1.54) is 11.2 Å². The van der Waals surface area contributed by atoms with Crippen LogP contribution in [0.15, 0.2) is 67.6 Å². The number of oxime groups is 1. The Kier molecular flexibility index (Phi) is 4.20. The van der Waals surface area contributed by atoms with Gasteiger partial charge in [0.2, 0.25) is 17.2 Å². The van der Waals surface area contributed by atoms with Crippen molar-refractivity contribution in [1.29, 1.82) is 0 Å². The molecule has 0 spiro atoms. The first-order valence-corrected chi connectivity index (χ1v) is 11.8. The first-order valence-electron chi connectivity index (χ1n) is 10.7. The smallest absolute Gasteiger partial charge is 0.240 e. The summed E-state index contributed by atoms with van der Waals surface area (Å²) in [6.45, 7) is 0. The molecule has 7 rings (SSSR count). The molecule has 3 aromatic rings. The molecule has 0 aliphatic carbocycles. The van der Waals surface area contributed by atoms with E-state index in [1.807, 2.05) is 0 Å². The van der Waals surface area contributed by atoms with Gasteiger partial charge in [0, 0.05) is 9.50 Å². The van der Waals surface area contributed by atoms with Crippen LogP contribution in [0.4, 0.5) is 5.69 Å². The highest BCUT2D eigenvalue weighted by atomic mass is 79.9. The average molecular weight is 542 g/mol. The first kappa shape index (κ1) is 20.4. The second kappa shape index (κ2) is 7.00. The summed E-state index contributed by atoms with van der Waals surface area (Å²) in [6.07, 6.45) is -0.445. The van der Waals surface area contributed by atoms with Crippen molar-refractivity contribution >= 4 is 61.7 Å². The standard InChI is InChI=1S/C24H14BrClN2O6/c25-9-1-6-14-12(7-9)19(29)13(8-32-14)18-17-20-15-16(21(33-20)22(17)34-27-18)24(31)28(23(15)30)11-4-2-10(26)3-5-11/h1-8,15-17,20-22H/t15-,16+,17?,20?,21?,22?/m1/s1. The summed E-state index contributed by atoms with van der Waals surface area (Å²) in [4.78, 5) is 46.9. The number of ether oxygens (including phenoxy) is 1. The van der Waals surface area contributed by atoms with Gasteiger partial charge in [-0.15, -0.1) is 0 Å². The number of rotatable bonds is 2. The number of benzene rings is 2. The lowest BCUT2D eigenvalue weighted by Gasteiger charge is -2.26. The Morgan fingerprint density at radius 1 is 0.912 bits per heavy atom. The van der Waals surface area contributed by atoms with Crippen LogP contribution in [0.2, 0.25) is 5.02 Å². The first-order chi connectivity index (χ1) is 16.4. The van der Waals surface area contributed by atoms with Gasteiger partial charge >= 0.3 is 0 Å². The molecule has 10 heteroatoms. The second-order valence-electron chi connectivity index (χ2n) is 8.80. The summed E-state index contributed by atoms with van der Waals surface area (Å²) in [6, 6.07) is 11.7. The van der Waals surface area contributed by atoms with Gasteiger partial charge in [-0.05, 0) is 42.5 Å². The van der Waals surface area contributed by atoms with E-state index in [4.69, 9.17) is 25.6 Å². The number of fused-ring (bicyclic) bond motifs is 9. The Bertz CT molecular complexity index is 1500. The summed E-state index contributed by atoms with van der Waals surface area (Å²) in [5.41, 5.74) is 1.32. The molecule has 8 nitrogen and oxygen atoms in total. The van der Waals surface area contributed by atoms with Gasteiger partial charge in [0.05, 0.1) is 40.5 Å². The third-order valence-corrected chi connectivity index (χ3v) is 7.88. The van der Waals surface area contributed by atoms with Crippen LogP contribution in [0.25, 0.3) is 11.0 Å². The van der Waals surface area contributed by atoms with E-state index in [-0.39, 0.29) is 22.8 Å². The van der Waals surface area contributed by atoms with Crippen molar-refractivity contribution in [2.45, 2.75) is 18.3 Å². The molecule has 6 atom stereocenters. The van der Waals surface area contributed by atoms with Gasteiger partial charge in [0.1, 0.15) is 23.7 Å².